The molecule has 1 fully saturated rings. The Balaban J connectivity index is 1.48. The topological polar surface area (TPSA) is 58.6 Å². The summed E-state index contributed by atoms with van der Waals surface area (Å²) in [7, 11) is 0. The van der Waals surface area contributed by atoms with Crippen LogP contribution in [-0.4, -0.2) is 29.5 Å². The molecule has 3 rings (SSSR count). The van der Waals surface area contributed by atoms with E-state index >= 15 is 0 Å². The predicted octanol–water partition coefficient (Wildman–Crippen LogP) is 4.23. The van der Waals surface area contributed by atoms with Gasteiger partial charge in [0.05, 0.1) is 0 Å². The lowest BCUT2D eigenvalue weighted by atomic mass is 10.0. The summed E-state index contributed by atoms with van der Waals surface area (Å²) in [5.74, 6) is 0.411. The fourth-order valence-electron chi connectivity index (χ4n) is 3.04. The van der Waals surface area contributed by atoms with Crippen molar-refractivity contribution in [1.82, 2.24) is 10.2 Å². The maximum atomic E-state index is 12.6. The lowest BCUT2D eigenvalue weighted by Gasteiger charge is -2.23. The normalized spacial score (nSPS) is 13.2. The smallest absolute Gasteiger partial charge is 0.407 e. The summed E-state index contributed by atoms with van der Waals surface area (Å²) < 4.78 is 5.17. The molecule has 2 aromatic rings. The molecule has 0 aliphatic heterocycles. The van der Waals surface area contributed by atoms with Crippen LogP contribution in [0, 0.1) is 0 Å². The highest BCUT2D eigenvalue weighted by Crippen LogP contribution is 2.28. The van der Waals surface area contributed by atoms with E-state index in [1.54, 1.807) is 0 Å². The van der Waals surface area contributed by atoms with Gasteiger partial charge in [0.15, 0.2) is 0 Å². The SMILES string of the molecule is CC(C)c1ccc(CN(C(=O)CNC(=O)OCc2ccccc2)C2CC2)cc1. The second kappa shape index (κ2) is 9.40. The minimum absolute atomic E-state index is 0.0474. The molecule has 0 atom stereocenters. The molecule has 1 saturated carbocycles. The maximum absolute atomic E-state index is 12.6. The lowest BCUT2D eigenvalue weighted by molar-refractivity contribution is -0.131. The highest BCUT2D eigenvalue weighted by Gasteiger charge is 2.32. The van der Waals surface area contributed by atoms with Crippen molar-refractivity contribution < 1.29 is 14.3 Å². The zero-order valence-corrected chi connectivity index (χ0v) is 16.6. The van der Waals surface area contributed by atoms with Gasteiger partial charge in [-0.2, -0.15) is 0 Å². The van der Waals surface area contributed by atoms with E-state index in [4.69, 9.17) is 4.74 Å². The number of rotatable bonds is 8. The Kier molecular flexibility index (Phi) is 6.69. The van der Waals surface area contributed by atoms with Crippen LogP contribution in [0.4, 0.5) is 4.79 Å². The molecule has 0 bridgehead atoms. The number of hydrogen-bond acceptors (Lipinski definition) is 3. The van der Waals surface area contributed by atoms with E-state index < -0.39 is 6.09 Å². The van der Waals surface area contributed by atoms with E-state index in [0.717, 1.165) is 24.0 Å². The van der Waals surface area contributed by atoms with Gasteiger partial charge in [-0.15, -0.1) is 0 Å². The van der Waals surface area contributed by atoms with Crippen molar-refractivity contribution in [2.45, 2.75) is 51.8 Å². The van der Waals surface area contributed by atoms with Crippen LogP contribution in [0.2, 0.25) is 0 Å². The molecule has 2 amide bonds. The molecule has 0 radical (unpaired) electrons. The van der Waals surface area contributed by atoms with Crippen molar-refractivity contribution in [3.05, 3.63) is 71.3 Å². The minimum atomic E-state index is -0.575. The zero-order valence-electron chi connectivity index (χ0n) is 16.6. The fraction of sp³-hybridized carbons (Fsp3) is 0.391. The Morgan fingerprint density at radius 3 is 2.32 bits per heavy atom. The number of hydrogen-bond donors (Lipinski definition) is 1. The molecule has 2 aromatic carbocycles. The molecule has 28 heavy (non-hydrogen) atoms. The molecule has 0 heterocycles. The summed E-state index contributed by atoms with van der Waals surface area (Å²) in [6, 6.07) is 18.1. The first kappa shape index (κ1) is 19.9. The minimum Gasteiger partial charge on any atom is -0.445 e. The van der Waals surface area contributed by atoms with Gasteiger partial charge in [-0.3, -0.25) is 4.79 Å². The average Bonchev–Trinajstić information content (AvgIpc) is 3.55. The van der Waals surface area contributed by atoms with Crippen molar-refractivity contribution in [1.29, 1.82) is 0 Å². The Labute approximate surface area is 166 Å². The largest absolute Gasteiger partial charge is 0.445 e. The highest BCUT2D eigenvalue weighted by atomic mass is 16.5. The predicted molar refractivity (Wildman–Crippen MR) is 109 cm³/mol. The molecule has 0 saturated heterocycles. The van der Waals surface area contributed by atoms with Gasteiger partial charge in [-0.05, 0) is 35.4 Å². The number of ether oxygens (including phenoxy) is 1. The summed E-state index contributed by atoms with van der Waals surface area (Å²) in [6.07, 6.45) is 1.47. The molecule has 1 N–H and O–H groups in total. The second-order valence-electron chi connectivity index (χ2n) is 7.56. The van der Waals surface area contributed by atoms with Crippen LogP contribution in [-0.2, 0) is 22.7 Å². The molecular formula is C23H28N2O3. The van der Waals surface area contributed by atoms with Gasteiger partial charge in [-0.25, -0.2) is 4.79 Å². The van der Waals surface area contributed by atoms with E-state index in [0.29, 0.717) is 12.5 Å². The molecule has 5 heteroatoms. The summed E-state index contributed by atoms with van der Waals surface area (Å²) >= 11 is 0. The van der Waals surface area contributed by atoms with Crippen molar-refractivity contribution in [3.8, 4) is 0 Å². The average molecular weight is 380 g/mol. The number of alkyl carbamates (subject to hydrolysis) is 1. The Morgan fingerprint density at radius 2 is 1.71 bits per heavy atom. The first-order valence-corrected chi connectivity index (χ1v) is 9.86. The van der Waals surface area contributed by atoms with Crippen LogP contribution < -0.4 is 5.32 Å². The molecule has 1 aliphatic rings. The zero-order chi connectivity index (χ0) is 19.9. The van der Waals surface area contributed by atoms with Crippen molar-refractivity contribution in [2.24, 2.45) is 0 Å². The number of amides is 2. The fourth-order valence-corrected chi connectivity index (χ4v) is 3.04. The number of nitrogens with zero attached hydrogens (tertiary/aromatic N) is 1. The monoisotopic (exact) mass is 380 g/mol. The van der Waals surface area contributed by atoms with Gasteiger partial charge in [0.25, 0.3) is 0 Å². The first-order valence-electron chi connectivity index (χ1n) is 9.86. The summed E-state index contributed by atoms with van der Waals surface area (Å²) in [5.41, 5.74) is 3.31. The molecule has 0 spiro atoms. The van der Waals surface area contributed by atoms with E-state index in [-0.39, 0.29) is 25.1 Å². The third-order valence-electron chi connectivity index (χ3n) is 4.90. The molecule has 148 valence electrons. The molecular weight excluding hydrogens is 352 g/mol. The molecule has 1 aliphatic carbocycles. The van der Waals surface area contributed by atoms with E-state index in [1.165, 1.54) is 5.56 Å². The third kappa shape index (κ3) is 5.84. The summed E-state index contributed by atoms with van der Waals surface area (Å²) in [4.78, 5) is 26.4. The van der Waals surface area contributed by atoms with Crippen LogP contribution in [0.1, 0.15) is 49.3 Å². The van der Waals surface area contributed by atoms with Gasteiger partial charge >= 0.3 is 6.09 Å². The van der Waals surface area contributed by atoms with E-state index in [1.807, 2.05) is 35.2 Å². The van der Waals surface area contributed by atoms with Crippen LogP contribution in [0.3, 0.4) is 0 Å². The third-order valence-corrected chi connectivity index (χ3v) is 4.90. The van der Waals surface area contributed by atoms with Crippen LogP contribution in [0.15, 0.2) is 54.6 Å². The standard InChI is InChI=1S/C23H28N2O3/c1-17(2)20-10-8-18(9-11-20)15-25(21-12-13-21)22(26)14-24-23(27)28-16-19-6-4-3-5-7-19/h3-11,17,21H,12-16H2,1-2H3,(H,24,27). The van der Waals surface area contributed by atoms with Crippen molar-refractivity contribution in [2.75, 3.05) is 6.54 Å². The van der Waals surface area contributed by atoms with E-state index in [9.17, 15) is 9.59 Å². The van der Waals surface area contributed by atoms with Gasteiger partial charge < -0.3 is 15.0 Å². The van der Waals surface area contributed by atoms with Crippen LogP contribution >= 0.6 is 0 Å². The van der Waals surface area contributed by atoms with Gasteiger partial charge in [0.1, 0.15) is 13.2 Å². The first-order chi connectivity index (χ1) is 13.5. The summed E-state index contributed by atoms with van der Waals surface area (Å²) in [5, 5.41) is 2.57. The Bertz CT molecular complexity index is 783. The quantitative estimate of drug-likeness (QED) is 0.746. The van der Waals surface area contributed by atoms with Crippen molar-refractivity contribution >= 4 is 12.0 Å². The van der Waals surface area contributed by atoms with Gasteiger partial charge in [0.2, 0.25) is 5.91 Å². The lowest BCUT2D eigenvalue weighted by Crippen LogP contribution is -2.41. The Hall–Kier alpha value is -2.82. The second-order valence-corrected chi connectivity index (χ2v) is 7.56. The van der Waals surface area contributed by atoms with E-state index in [2.05, 4.69) is 43.4 Å². The van der Waals surface area contributed by atoms with Gasteiger partial charge in [0, 0.05) is 12.6 Å². The highest BCUT2D eigenvalue weighted by molar-refractivity contribution is 5.82. The molecule has 5 nitrogen and oxygen atoms in total. The maximum Gasteiger partial charge on any atom is 0.407 e. The van der Waals surface area contributed by atoms with Crippen molar-refractivity contribution in [3.63, 3.8) is 0 Å². The molecule has 0 unspecified atom stereocenters. The number of carbonyl (C=O) groups excluding carboxylic acids is 2. The number of benzene rings is 2. The summed E-state index contributed by atoms with van der Waals surface area (Å²) in [6.45, 7) is 5.04. The van der Waals surface area contributed by atoms with Crippen LogP contribution in [0.25, 0.3) is 0 Å². The Morgan fingerprint density at radius 1 is 1.04 bits per heavy atom. The number of carbonyl (C=O) groups is 2. The van der Waals surface area contributed by atoms with Gasteiger partial charge in [-0.1, -0.05) is 68.4 Å². The molecule has 0 aromatic heterocycles. The number of nitrogens with one attached hydrogen (secondary N) is 1. The van der Waals surface area contributed by atoms with Crippen LogP contribution in [0.5, 0.6) is 0 Å².